The van der Waals surface area contributed by atoms with Crippen molar-refractivity contribution in [3.8, 4) is 28.6 Å². The van der Waals surface area contributed by atoms with E-state index in [2.05, 4.69) is 10.2 Å². The van der Waals surface area contributed by atoms with E-state index in [1.165, 1.54) is 0 Å². The highest BCUT2D eigenvalue weighted by Gasteiger charge is 2.19. The van der Waals surface area contributed by atoms with Gasteiger partial charge in [0.05, 0.1) is 14.2 Å². The monoisotopic (exact) mass is 585 g/mol. The van der Waals surface area contributed by atoms with Crippen molar-refractivity contribution in [1.82, 2.24) is 14.8 Å². The van der Waals surface area contributed by atoms with Gasteiger partial charge in [0.1, 0.15) is 28.8 Å². The molecule has 0 atom stereocenters. The number of rotatable bonds is 11. The van der Waals surface area contributed by atoms with Gasteiger partial charge in [-0.3, -0.25) is 0 Å². The fourth-order valence-electron chi connectivity index (χ4n) is 3.68. The molecular formula is C28H25Cl2N3O5S. The number of benzene rings is 3. The van der Waals surface area contributed by atoms with E-state index in [-0.39, 0.29) is 11.5 Å². The Balaban J connectivity index is 1.58. The third-order valence-electron chi connectivity index (χ3n) is 5.62. The Morgan fingerprint density at radius 2 is 1.74 bits per heavy atom. The summed E-state index contributed by atoms with van der Waals surface area (Å²) in [5.74, 6) is 1.26. The first-order valence-electron chi connectivity index (χ1n) is 11.8. The van der Waals surface area contributed by atoms with E-state index in [0.29, 0.717) is 50.4 Å². The van der Waals surface area contributed by atoms with Crippen LogP contribution in [0.3, 0.4) is 0 Å². The van der Waals surface area contributed by atoms with Crippen molar-refractivity contribution >= 4 is 47.0 Å². The van der Waals surface area contributed by atoms with E-state index in [1.54, 1.807) is 68.8 Å². The van der Waals surface area contributed by atoms with Gasteiger partial charge in [0, 0.05) is 33.8 Å². The Labute approximate surface area is 240 Å². The van der Waals surface area contributed by atoms with Crippen LogP contribution in [0, 0.1) is 0 Å². The fourth-order valence-corrected chi connectivity index (χ4v) is 5.03. The molecule has 0 aliphatic carbocycles. The van der Waals surface area contributed by atoms with Crippen LogP contribution in [0.15, 0.2) is 70.7 Å². The van der Waals surface area contributed by atoms with Gasteiger partial charge in [-0.2, -0.15) is 0 Å². The third-order valence-corrected chi connectivity index (χ3v) is 7.20. The van der Waals surface area contributed by atoms with E-state index < -0.39 is 5.97 Å². The maximum atomic E-state index is 12.2. The first-order valence-corrected chi connectivity index (χ1v) is 13.3. The molecule has 0 bridgehead atoms. The summed E-state index contributed by atoms with van der Waals surface area (Å²) in [5.41, 5.74) is 2.17. The summed E-state index contributed by atoms with van der Waals surface area (Å²) in [5, 5.41) is 20.1. The number of halogens is 2. The molecular weight excluding hydrogens is 561 g/mol. The lowest BCUT2D eigenvalue weighted by atomic mass is 10.2. The molecule has 0 radical (unpaired) electrons. The molecule has 0 saturated heterocycles. The number of aliphatic carboxylic acids is 1. The third kappa shape index (κ3) is 7.06. The molecule has 1 N–H and O–H groups in total. The number of ether oxygens (including phenoxy) is 3. The molecule has 1 heterocycles. The van der Waals surface area contributed by atoms with E-state index in [9.17, 15) is 9.90 Å². The van der Waals surface area contributed by atoms with Crippen LogP contribution in [0.5, 0.6) is 17.2 Å². The number of hydrogen-bond acceptors (Lipinski definition) is 7. The highest BCUT2D eigenvalue weighted by Crippen LogP contribution is 2.34. The van der Waals surface area contributed by atoms with Crippen molar-refractivity contribution in [2.24, 2.45) is 0 Å². The normalized spacial score (nSPS) is 11.4. The number of carbonyl (C=O) groups is 1. The zero-order chi connectivity index (χ0) is 27.9. The molecule has 0 spiro atoms. The molecule has 0 amide bonds. The van der Waals surface area contributed by atoms with E-state index in [1.807, 2.05) is 23.6 Å². The van der Waals surface area contributed by atoms with E-state index >= 15 is 0 Å². The smallest absolute Gasteiger partial charge is 0.342 e. The summed E-state index contributed by atoms with van der Waals surface area (Å²) in [4.78, 5) is 12.2. The number of carboxylic acids is 1. The lowest BCUT2D eigenvalue weighted by Crippen LogP contribution is -2.03. The molecule has 4 aromatic rings. The molecule has 0 fully saturated rings. The van der Waals surface area contributed by atoms with Gasteiger partial charge in [0.15, 0.2) is 11.0 Å². The summed E-state index contributed by atoms with van der Waals surface area (Å²) in [6.07, 6.45) is 1.57. The second-order valence-corrected chi connectivity index (χ2v) is 10.0. The lowest BCUT2D eigenvalue weighted by Gasteiger charge is -2.11. The topological polar surface area (TPSA) is 95.7 Å². The number of methoxy groups -OCH3 is 2. The van der Waals surface area contributed by atoms with Gasteiger partial charge in [-0.25, -0.2) is 4.79 Å². The summed E-state index contributed by atoms with van der Waals surface area (Å²) >= 11 is 13.2. The Morgan fingerprint density at radius 3 is 2.38 bits per heavy atom. The number of carboxylic acid groups (broad SMARTS) is 1. The van der Waals surface area contributed by atoms with E-state index in [4.69, 9.17) is 37.4 Å². The van der Waals surface area contributed by atoms with E-state index in [0.717, 1.165) is 22.9 Å². The van der Waals surface area contributed by atoms with Crippen molar-refractivity contribution in [1.29, 1.82) is 0 Å². The molecule has 3 aromatic carbocycles. The number of nitrogens with zero attached hydrogens (tertiary/aromatic N) is 3. The summed E-state index contributed by atoms with van der Waals surface area (Å²) < 4.78 is 18.5. The Bertz CT molecular complexity index is 1500. The zero-order valence-electron chi connectivity index (χ0n) is 21.4. The predicted molar refractivity (Wildman–Crippen MR) is 153 cm³/mol. The van der Waals surface area contributed by atoms with Crippen LogP contribution in [-0.2, 0) is 17.9 Å². The predicted octanol–water partition coefficient (Wildman–Crippen LogP) is 7.09. The average molecular weight is 586 g/mol. The Hall–Kier alpha value is -3.66. The quantitative estimate of drug-likeness (QED) is 0.147. The zero-order valence-corrected chi connectivity index (χ0v) is 23.7. The van der Waals surface area contributed by atoms with Crippen molar-refractivity contribution in [3.05, 3.63) is 86.7 Å². The van der Waals surface area contributed by atoms with Crippen LogP contribution in [0.4, 0.5) is 0 Å². The van der Waals surface area contributed by atoms with Gasteiger partial charge in [0.25, 0.3) is 0 Å². The van der Waals surface area contributed by atoms with Gasteiger partial charge in [0.2, 0.25) is 0 Å². The summed E-state index contributed by atoms with van der Waals surface area (Å²) in [7, 11) is 3.14. The first-order chi connectivity index (χ1) is 18.8. The molecule has 0 aliphatic rings. The minimum Gasteiger partial charge on any atom is -0.497 e. The largest absolute Gasteiger partial charge is 0.497 e. The fraction of sp³-hybridized carbons (Fsp3) is 0.179. The molecule has 8 nitrogen and oxygen atoms in total. The van der Waals surface area contributed by atoms with Gasteiger partial charge in [-0.05, 0) is 66.7 Å². The van der Waals surface area contributed by atoms with Crippen molar-refractivity contribution in [3.63, 3.8) is 0 Å². The first kappa shape index (κ1) is 28.4. The highest BCUT2D eigenvalue weighted by molar-refractivity contribution is 8.04. The maximum absolute atomic E-state index is 12.2. The summed E-state index contributed by atoms with van der Waals surface area (Å²) in [6.45, 7) is 2.70. The average Bonchev–Trinajstić information content (AvgIpc) is 3.34. The van der Waals surface area contributed by atoms with Crippen LogP contribution in [-0.4, -0.2) is 40.1 Å². The highest BCUT2D eigenvalue weighted by atomic mass is 35.5. The summed E-state index contributed by atoms with van der Waals surface area (Å²) in [6, 6.07) is 17.7. The van der Waals surface area contributed by atoms with Gasteiger partial charge in [-0.1, -0.05) is 41.4 Å². The minimum absolute atomic E-state index is 0.0739. The van der Waals surface area contributed by atoms with Crippen LogP contribution in [0.25, 0.3) is 17.5 Å². The van der Waals surface area contributed by atoms with Crippen LogP contribution in [0.1, 0.15) is 18.1 Å². The molecule has 0 saturated carbocycles. The Kier molecular flexibility index (Phi) is 9.40. The maximum Gasteiger partial charge on any atom is 0.342 e. The number of thioether (sulfide) groups is 1. The molecule has 202 valence electrons. The SMILES string of the molecule is CCn1c(S/C(=C\c2cccc(OCc3ccc(Cl)cc3Cl)c2)C(=O)O)nnc1-c1cc(OC)cc(OC)c1. The number of aromatic nitrogens is 3. The molecule has 39 heavy (non-hydrogen) atoms. The second-order valence-electron chi connectivity index (χ2n) is 8.16. The molecule has 1 aromatic heterocycles. The van der Waals surface area contributed by atoms with Gasteiger partial charge in [-0.15, -0.1) is 10.2 Å². The minimum atomic E-state index is -1.09. The van der Waals surface area contributed by atoms with Crippen LogP contribution < -0.4 is 14.2 Å². The Morgan fingerprint density at radius 1 is 1.00 bits per heavy atom. The second kappa shape index (κ2) is 12.9. The van der Waals surface area contributed by atoms with Crippen LogP contribution in [0.2, 0.25) is 10.0 Å². The van der Waals surface area contributed by atoms with Gasteiger partial charge >= 0.3 is 5.97 Å². The van der Waals surface area contributed by atoms with Crippen molar-refractivity contribution in [2.75, 3.05) is 14.2 Å². The molecule has 0 unspecified atom stereocenters. The standard InChI is InChI=1S/C28H25Cl2N3O5S/c1-4-33-26(19-12-22(36-2)15-23(13-19)37-3)31-32-28(33)39-25(27(34)35)11-17-6-5-7-21(10-17)38-16-18-8-9-20(29)14-24(18)30/h5-15H,4,16H2,1-3H3,(H,34,35)/b25-11-. The molecule has 11 heteroatoms. The van der Waals surface area contributed by atoms with Crippen molar-refractivity contribution < 1.29 is 24.1 Å². The van der Waals surface area contributed by atoms with Crippen molar-refractivity contribution in [2.45, 2.75) is 25.2 Å². The number of hydrogen-bond donors (Lipinski definition) is 1. The lowest BCUT2D eigenvalue weighted by molar-refractivity contribution is -0.131. The molecule has 4 rings (SSSR count). The molecule has 0 aliphatic heterocycles. The van der Waals surface area contributed by atoms with Crippen LogP contribution >= 0.6 is 35.0 Å². The van der Waals surface area contributed by atoms with Gasteiger partial charge < -0.3 is 23.9 Å².